The summed E-state index contributed by atoms with van der Waals surface area (Å²) in [6.45, 7) is 9.53. The van der Waals surface area contributed by atoms with E-state index < -0.39 is 0 Å². The van der Waals surface area contributed by atoms with Crippen LogP contribution in [-0.2, 0) is 4.79 Å². The third-order valence-corrected chi connectivity index (χ3v) is 4.18. The van der Waals surface area contributed by atoms with Gasteiger partial charge in [0.05, 0.1) is 13.1 Å². The Morgan fingerprint density at radius 1 is 1.15 bits per heavy atom. The SMILES string of the molecule is CCNC(=NCCNC(=O)C1CC1)NCCOc1ccc(C(C)C)cc1.I. The van der Waals surface area contributed by atoms with Crippen LogP contribution in [0, 0.1) is 5.92 Å². The van der Waals surface area contributed by atoms with Gasteiger partial charge in [0.15, 0.2) is 5.96 Å². The fraction of sp³-hybridized carbons (Fsp3) is 0.600. The normalized spacial score (nSPS) is 13.7. The Morgan fingerprint density at radius 3 is 2.44 bits per heavy atom. The largest absolute Gasteiger partial charge is 0.492 e. The fourth-order valence-electron chi connectivity index (χ4n) is 2.47. The van der Waals surface area contributed by atoms with Crippen LogP contribution >= 0.6 is 24.0 Å². The van der Waals surface area contributed by atoms with Gasteiger partial charge in [0, 0.05) is 19.0 Å². The molecule has 1 aromatic rings. The first-order valence-electron chi connectivity index (χ1n) is 9.62. The number of rotatable bonds is 10. The summed E-state index contributed by atoms with van der Waals surface area (Å²) in [5.74, 6) is 2.55. The highest BCUT2D eigenvalue weighted by Gasteiger charge is 2.28. The zero-order valence-electron chi connectivity index (χ0n) is 16.6. The molecule has 0 spiro atoms. The molecule has 152 valence electrons. The van der Waals surface area contributed by atoms with E-state index in [-0.39, 0.29) is 35.8 Å². The number of hydrogen-bond donors (Lipinski definition) is 3. The Kier molecular flexibility index (Phi) is 11.2. The summed E-state index contributed by atoms with van der Waals surface area (Å²) in [7, 11) is 0. The van der Waals surface area contributed by atoms with Crippen molar-refractivity contribution in [3.05, 3.63) is 29.8 Å². The fourth-order valence-corrected chi connectivity index (χ4v) is 2.47. The van der Waals surface area contributed by atoms with Crippen LogP contribution in [0.2, 0.25) is 0 Å². The van der Waals surface area contributed by atoms with Crippen molar-refractivity contribution in [2.45, 2.75) is 39.5 Å². The summed E-state index contributed by atoms with van der Waals surface area (Å²) in [5, 5.41) is 9.36. The molecule has 3 N–H and O–H groups in total. The van der Waals surface area contributed by atoms with Crippen LogP contribution in [0.25, 0.3) is 0 Å². The van der Waals surface area contributed by atoms with E-state index in [2.05, 4.69) is 46.9 Å². The summed E-state index contributed by atoms with van der Waals surface area (Å²) in [5.41, 5.74) is 1.31. The van der Waals surface area contributed by atoms with Gasteiger partial charge < -0.3 is 20.7 Å². The molecule has 0 atom stereocenters. The summed E-state index contributed by atoms with van der Waals surface area (Å²) < 4.78 is 5.76. The molecule has 1 saturated carbocycles. The van der Waals surface area contributed by atoms with E-state index in [1.165, 1.54) is 5.56 Å². The molecule has 1 fully saturated rings. The van der Waals surface area contributed by atoms with Crippen molar-refractivity contribution in [3.8, 4) is 5.75 Å². The zero-order valence-corrected chi connectivity index (χ0v) is 18.9. The number of nitrogens with one attached hydrogen (secondary N) is 3. The maximum Gasteiger partial charge on any atom is 0.223 e. The van der Waals surface area contributed by atoms with E-state index in [1.807, 2.05) is 19.1 Å². The third kappa shape index (κ3) is 9.30. The van der Waals surface area contributed by atoms with Crippen LogP contribution < -0.4 is 20.7 Å². The zero-order chi connectivity index (χ0) is 18.8. The number of guanidine groups is 1. The highest BCUT2D eigenvalue weighted by molar-refractivity contribution is 14.0. The molecule has 7 heteroatoms. The lowest BCUT2D eigenvalue weighted by Crippen LogP contribution is -2.40. The van der Waals surface area contributed by atoms with E-state index in [4.69, 9.17) is 4.74 Å². The van der Waals surface area contributed by atoms with Gasteiger partial charge in [-0.2, -0.15) is 0 Å². The van der Waals surface area contributed by atoms with Gasteiger partial charge in [-0.25, -0.2) is 0 Å². The van der Waals surface area contributed by atoms with E-state index in [1.54, 1.807) is 0 Å². The van der Waals surface area contributed by atoms with Crippen molar-refractivity contribution in [1.82, 2.24) is 16.0 Å². The molecule has 0 bridgehead atoms. The van der Waals surface area contributed by atoms with Crippen molar-refractivity contribution in [2.24, 2.45) is 10.9 Å². The van der Waals surface area contributed by atoms with Crippen molar-refractivity contribution in [2.75, 3.05) is 32.8 Å². The Hall–Kier alpha value is -1.51. The molecule has 0 aromatic heterocycles. The van der Waals surface area contributed by atoms with Crippen LogP contribution in [-0.4, -0.2) is 44.7 Å². The lowest BCUT2D eigenvalue weighted by atomic mass is 10.0. The van der Waals surface area contributed by atoms with Crippen molar-refractivity contribution >= 4 is 35.8 Å². The number of benzene rings is 1. The Morgan fingerprint density at radius 2 is 1.85 bits per heavy atom. The number of amides is 1. The molecule has 0 unspecified atom stereocenters. The number of carbonyl (C=O) groups excluding carboxylic acids is 1. The summed E-state index contributed by atoms with van der Waals surface area (Å²) >= 11 is 0. The van der Waals surface area contributed by atoms with Crippen molar-refractivity contribution in [3.63, 3.8) is 0 Å². The molecule has 1 aliphatic carbocycles. The van der Waals surface area contributed by atoms with Gasteiger partial charge in [-0.3, -0.25) is 9.79 Å². The molecular formula is C20H33IN4O2. The van der Waals surface area contributed by atoms with Crippen LogP contribution in [0.4, 0.5) is 0 Å². The van der Waals surface area contributed by atoms with Gasteiger partial charge in [0.1, 0.15) is 12.4 Å². The van der Waals surface area contributed by atoms with E-state index in [0.29, 0.717) is 32.2 Å². The average Bonchev–Trinajstić information content (AvgIpc) is 3.47. The molecule has 0 radical (unpaired) electrons. The van der Waals surface area contributed by atoms with E-state index in [0.717, 1.165) is 31.1 Å². The van der Waals surface area contributed by atoms with Gasteiger partial charge in [0.25, 0.3) is 0 Å². The molecular weight excluding hydrogens is 455 g/mol. The maximum absolute atomic E-state index is 11.6. The molecule has 0 heterocycles. The Labute approximate surface area is 179 Å². The molecule has 0 aliphatic heterocycles. The average molecular weight is 488 g/mol. The first-order chi connectivity index (χ1) is 12.6. The number of carbonyl (C=O) groups is 1. The summed E-state index contributed by atoms with van der Waals surface area (Å²) in [6, 6.07) is 8.23. The van der Waals surface area contributed by atoms with E-state index >= 15 is 0 Å². The molecule has 1 amide bonds. The quantitative estimate of drug-likeness (QED) is 0.205. The van der Waals surface area contributed by atoms with Crippen LogP contribution in [0.15, 0.2) is 29.3 Å². The second-order valence-corrected chi connectivity index (χ2v) is 6.82. The lowest BCUT2D eigenvalue weighted by molar-refractivity contribution is -0.122. The topological polar surface area (TPSA) is 74.8 Å². The van der Waals surface area contributed by atoms with Gasteiger partial charge in [-0.1, -0.05) is 26.0 Å². The van der Waals surface area contributed by atoms with E-state index in [9.17, 15) is 4.79 Å². The summed E-state index contributed by atoms with van der Waals surface area (Å²) in [6.07, 6.45) is 2.05. The lowest BCUT2D eigenvalue weighted by Gasteiger charge is -2.13. The molecule has 27 heavy (non-hydrogen) atoms. The van der Waals surface area contributed by atoms with Gasteiger partial charge in [-0.05, 0) is 43.4 Å². The molecule has 0 saturated heterocycles. The van der Waals surface area contributed by atoms with Crippen molar-refractivity contribution < 1.29 is 9.53 Å². The number of ether oxygens (including phenoxy) is 1. The first kappa shape index (κ1) is 23.5. The highest BCUT2D eigenvalue weighted by Crippen LogP contribution is 2.28. The van der Waals surface area contributed by atoms with Crippen molar-refractivity contribution in [1.29, 1.82) is 0 Å². The van der Waals surface area contributed by atoms with Crippen LogP contribution in [0.1, 0.15) is 45.1 Å². The van der Waals surface area contributed by atoms with Crippen LogP contribution in [0.5, 0.6) is 5.75 Å². The molecule has 1 aliphatic rings. The minimum absolute atomic E-state index is 0. The monoisotopic (exact) mass is 488 g/mol. The standard InChI is InChI=1S/C20H32N4O2.HI/c1-4-21-20(23-12-11-22-19(25)17-5-6-17)24-13-14-26-18-9-7-16(8-10-18)15(2)3;/h7-10,15,17H,4-6,11-14H2,1-3H3,(H,22,25)(H2,21,23,24);1H. The number of nitrogens with zero attached hydrogens (tertiary/aromatic N) is 1. The smallest absolute Gasteiger partial charge is 0.223 e. The van der Waals surface area contributed by atoms with Crippen LogP contribution in [0.3, 0.4) is 0 Å². The molecule has 2 rings (SSSR count). The minimum Gasteiger partial charge on any atom is -0.492 e. The highest BCUT2D eigenvalue weighted by atomic mass is 127. The Bertz CT molecular complexity index is 586. The number of hydrogen-bond acceptors (Lipinski definition) is 3. The third-order valence-electron chi connectivity index (χ3n) is 4.18. The second-order valence-electron chi connectivity index (χ2n) is 6.82. The molecule has 1 aromatic carbocycles. The van der Waals surface area contributed by atoms with Gasteiger partial charge in [-0.15, -0.1) is 24.0 Å². The second kappa shape index (κ2) is 12.8. The van der Waals surface area contributed by atoms with Gasteiger partial charge in [0.2, 0.25) is 5.91 Å². The number of aliphatic imine (C=N–C) groups is 1. The first-order valence-corrected chi connectivity index (χ1v) is 9.62. The predicted octanol–water partition coefficient (Wildman–Crippen LogP) is 2.89. The predicted molar refractivity (Wildman–Crippen MR) is 121 cm³/mol. The molecule has 6 nitrogen and oxygen atoms in total. The number of halogens is 1. The summed E-state index contributed by atoms with van der Waals surface area (Å²) in [4.78, 5) is 16.0. The minimum atomic E-state index is 0. The van der Waals surface area contributed by atoms with Gasteiger partial charge >= 0.3 is 0 Å². The maximum atomic E-state index is 11.6. The Balaban J connectivity index is 0.00000364.